The van der Waals surface area contributed by atoms with Crippen molar-refractivity contribution >= 4 is 17.2 Å². The van der Waals surface area contributed by atoms with Gasteiger partial charge in [-0.2, -0.15) is 11.3 Å². The van der Waals surface area contributed by atoms with Crippen LogP contribution in [0.15, 0.2) is 16.8 Å². The van der Waals surface area contributed by atoms with Gasteiger partial charge in [0.1, 0.15) is 0 Å². The second-order valence-electron chi connectivity index (χ2n) is 7.16. The standard InChI is InChI=1S/C18H26N2O2S/c21-18(11-15-5-10-23-13-15)20-7-2-16-17(20)1-6-19(16)12-14-3-8-22-9-4-14/h5,10,13-14,16-17H,1-4,6-9,11-12H2/t16-,17+/m1/s1. The highest BCUT2D eigenvalue weighted by atomic mass is 32.1. The van der Waals surface area contributed by atoms with E-state index in [2.05, 4.69) is 26.6 Å². The molecule has 1 aromatic rings. The third-order valence-corrected chi connectivity index (χ3v) is 6.51. The number of ether oxygens (including phenoxy) is 1. The van der Waals surface area contributed by atoms with Crippen LogP contribution in [0.3, 0.4) is 0 Å². The van der Waals surface area contributed by atoms with E-state index in [0.717, 1.165) is 45.1 Å². The zero-order valence-corrected chi connectivity index (χ0v) is 14.5. The molecule has 126 valence electrons. The van der Waals surface area contributed by atoms with Crippen LogP contribution >= 0.6 is 11.3 Å². The Morgan fingerprint density at radius 1 is 1.17 bits per heavy atom. The lowest BCUT2D eigenvalue weighted by molar-refractivity contribution is -0.131. The molecule has 0 bridgehead atoms. The zero-order chi connectivity index (χ0) is 15.6. The molecule has 1 aromatic heterocycles. The Hall–Kier alpha value is -0.910. The molecule has 4 rings (SSSR count). The van der Waals surface area contributed by atoms with E-state index < -0.39 is 0 Å². The topological polar surface area (TPSA) is 32.8 Å². The van der Waals surface area contributed by atoms with Crippen LogP contribution < -0.4 is 0 Å². The maximum Gasteiger partial charge on any atom is 0.227 e. The molecule has 4 heterocycles. The van der Waals surface area contributed by atoms with E-state index >= 15 is 0 Å². The fourth-order valence-electron chi connectivity index (χ4n) is 4.54. The van der Waals surface area contributed by atoms with Gasteiger partial charge >= 0.3 is 0 Å². The summed E-state index contributed by atoms with van der Waals surface area (Å²) >= 11 is 1.67. The number of fused-ring (bicyclic) bond motifs is 1. The van der Waals surface area contributed by atoms with E-state index in [0.29, 0.717) is 24.4 Å². The molecule has 0 radical (unpaired) electrons. The second kappa shape index (κ2) is 6.91. The van der Waals surface area contributed by atoms with Crippen molar-refractivity contribution in [3.05, 3.63) is 22.4 Å². The normalized spacial score (nSPS) is 29.1. The molecule has 0 aromatic carbocycles. The SMILES string of the molecule is O=C(Cc1ccsc1)N1CC[C@@H]2[C@@H]1CCN2CC1CCOCC1. The number of carbonyl (C=O) groups excluding carboxylic acids is 1. The van der Waals surface area contributed by atoms with Crippen LogP contribution in [-0.2, 0) is 16.0 Å². The Morgan fingerprint density at radius 3 is 2.78 bits per heavy atom. The smallest absolute Gasteiger partial charge is 0.227 e. The molecule has 3 saturated heterocycles. The van der Waals surface area contributed by atoms with Crippen LogP contribution in [0, 0.1) is 5.92 Å². The van der Waals surface area contributed by atoms with Crippen molar-refractivity contribution in [2.24, 2.45) is 5.92 Å². The largest absolute Gasteiger partial charge is 0.381 e. The van der Waals surface area contributed by atoms with Gasteiger partial charge in [-0.15, -0.1) is 0 Å². The molecule has 4 nitrogen and oxygen atoms in total. The van der Waals surface area contributed by atoms with Gasteiger partial charge in [-0.3, -0.25) is 9.69 Å². The maximum atomic E-state index is 12.6. The Bertz CT molecular complexity index is 527. The maximum absolute atomic E-state index is 12.6. The van der Waals surface area contributed by atoms with E-state index in [4.69, 9.17) is 4.74 Å². The Morgan fingerprint density at radius 2 is 2.00 bits per heavy atom. The molecule has 0 N–H and O–H groups in total. The van der Waals surface area contributed by atoms with E-state index in [1.807, 2.05) is 0 Å². The summed E-state index contributed by atoms with van der Waals surface area (Å²) in [4.78, 5) is 17.5. The molecule has 1 amide bonds. The van der Waals surface area contributed by atoms with Crippen molar-refractivity contribution in [1.82, 2.24) is 9.80 Å². The third kappa shape index (κ3) is 3.32. The number of thiophene rings is 1. The van der Waals surface area contributed by atoms with E-state index in [1.165, 1.54) is 24.9 Å². The molecule has 3 fully saturated rings. The van der Waals surface area contributed by atoms with Gasteiger partial charge < -0.3 is 9.64 Å². The molecule has 2 atom stereocenters. The lowest BCUT2D eigenvalue weighted by Gasteiger charge is -2.30. The van der Waals surface area contributed by atoms with E-state index in [9.17, 15) is 4.79 Å². The summed E-state index contributed by atoms with van der Waals surface area (Å²) in [5, 5.41) is 4.15. The van der Waals surface area contributed by atoms with Gasteiger partial charge in [0.2, 0.25) is 5.91 Å². The Balaban J connectivity index is 1.34. The quantitative estimate of drug-likeness (QED) is 0.848. The highest BCUT2D eigenvalue weighted by Gasteiger charge is 2.44. The van der Waals surface area contributed by atoms with E-state index in [1.54, 1.807) is 11.3 Å². The first kappa shape index (κ1) is 15.6. The lowest BCUT2D eigenvalue weighted by Crippen LogP contribution is -2.41. The summed E-state index contributed by atoms with van der Waals surface area (Å²) in [6.07, 6.45) is 5.29. The van der Waals surface area contributed by atoms with Crippen molar-refractivity contribution in [2.75, 3.05) is 32.8 Å². The van der Waals surface area contributed by atoms with Gasteiger partial charge in [0.05, 0.1) is 6.42 Å². The van der Waals surface area contributed by atoms with Crippen LogP contribution in [0.5, 0.6) is 0 Å². The summed E-state index contributed by atoms with van der Waals surface area (Å²) in [5.74, 6) is 1.11. The van der Waals surface area contributed by atoms with Crippen LogP contribution in [-0.4, -0.2) is 60.6 Å². The summed E-state index contributed by atoms with van der Waals surface area (Å²) in [6.45, 7) is 5.17. The van der Waals surface area contributed by atoms with Crippen LogP contribution in [0.4, 0.5) is 0 Å². The monoisotopic (exact) mass is 334 g/mol. The van der Waals surface area contributed by atoms with Crippen molar-refractivity contribution < 1.29 is 9.53 Å². The van der Waals surface area contributed by atoms with Gasteiger partial charge in [-0.25, -0.2) is 0 Å². The number of nitrogens with zero attached hydrogens (tertiary/aromatic N) is 2. The number of likely N-dealkylation sites (tertiary alicyclic amines) is 2. The van der Waals surface area contributed by atoms with Gasteiger partial charge in [0.15, 0.2) is 0 Å². The molecule has 23 heavy (non-hydrogen) atoms. The minimum absolute atomic E-state index is 0.323. The van der Waals surface area contributed by atoms with Gasteiger partial charge in [0.25, 0.3) is 0 Å². The van der Waals surface area contributed by atoms with Crippen molar-refractivity contribution in [3.8, 4) is 0 Å². The van der Waals surface area contributed by atoms with E-state index in [-0.39, 0.29) is 0 Å². The van der Waals surface area contributed by atoms with Crippen LogP contribution in [0.1, 0.15) is 31.2 Å². The molecule has 0 saturated carbocycles. The minimum Gasteiger partial charge on any atom is -0.381 e. The number of hydrogen-bond acceptors (Lipinski definition) is 4. The van der Waals surface area contributed by atoms with Crippen molar-refractivity contribution in [3.63, 3.8) is 0 Å². The summed E-state index contributed by atoms with van der Waals surface area (Å²) < 4.78 is 5.48. The van der Waals surface area contributed by atoms with Crippen molar-refractivity contribution in [1.29, 1.82) is 0 Å². The number of carbonyl (C=O) groups is 1. The fourth-order valence-corrected chi connectivity index (χ4v) is 5.21. The molecular formula is C18H26N2O2S. The Kier molecular flexibility index (Phi) is 4.69. The van der Waals surface area contributed by atoms with Gasteiger partial charge in [0, 0.05) is 44.9 Å². The number of amides is 1. The highest BCUT2D eigenvalue weighted by Crippen LogP contribution is 2.33. The minimum atomic E-state index is 0.323. The predicted molar refractivity (Wildman–Crippen MR) is 91.7 cm³/mol. The van der Waals surface area contributed by atoms with Crippen molar-refractivity contribution in [2.45, 2.75) is 44.2 Å². The Labute approximate surface area is 142 Å². The first-order chi connectivity index (χ1) is 11.3. The average molecular weight is 334 g/mol. The molecule has 0 unspecified atom stereocenters. The highest BCUT2D eigenvalue weighted by molar-refractivity contribution is 7.07. The predicted octanol–water partition coefficient (Wildman–Crippen LogP) is 2.39. The first-order valence-electron chi connectivity index (χ1n) is 8.93. The molecule has 0 spiro atoms. The zero-order valence-electron chi connectivity index (χ0n) is 13.7. The third-order valence-electron chi connectivity index (χ3n) is 5.78. The van der Waals surface area contributed by atoms with Gasteiger partial charge in [-0.05, 0) is 54.0 Å². The summed E-state index contributed by atoms with van der Waals surface area (Å²) in [5.41, 5.74) is 1.17. The fraction of sp³-hybridized carbons (Fsp3) is 0.722. The van der Waals surface area contributed by atoms with Crippen LogP contribution in [0.25, 0.3) is 0 Å². The number of hydrogen-bond donors (Lipinski definition) is 0. The lowest BCUT2D eigenvalue weighted by atomic mass is 9.99. The summed E-state index contributed by atoms with van der Waals surface area (Å²) in [6, 6.07) is 3.13. The average Bonchev–Trinajstić information content (AvgIpc) is 3.27. The molecular weight excluding hydrogens is 308 g/mol. The number of rotatable bonds is 4. The molecule has 3 aliphatic rings. The second-order valence-corrected chi connectivity index (χ2v) is 7.94. The molecule has 3 aliphatic heterocycles. The van der Waals surface area contributed by atoms with Gasteiger partial charge in [-0.1, -0.05) is 0 Å². The molecule has 0 aliphatic carbocycles. The first-order valence-corrected chi connectivity index (χ1v) is 9.88. The van der Waals surface area contributed by atoms with Crippen LogP contribution in [0.2, 0.25) is 0 Å². The molecule has 5 heteroatoms. The summed E-state index contributed by atoms with van der Waals surface area (Å²) in [7, 11) is 0.